The topological polar surface area (TPSA) is 103 Å². The predicted molar refractivity (Wildman–Crippen MR) is 153 cm³/mol. The van der Waals surface area contributed by atoms with Crippen LogP contribution in [0.15, 0.2) is 48.5 Å². The Morgan fingerprint density at radius 1 is 0.605 bits per heavy atom. The summed E-state index contributed by atoms with van der Waals surface area (Å²) in [5.74, 6) is 1.58. The van der Waals surface area contributed by atoms with Crippen LogP contribution in [0.5, 0.6) is 0 Å². The van der Waals surface area contributed by atoms with Gasteiger partial charge in [0.1, 0.15) is 17.5 Å². The molecule has 2 aromatic heterocycles. The highest BCUT2D eigenvalue weighted by Gasteiger charge is 2.31. The molecule has 0 aliphatic carbocycles. The molecule has 0 amide bonds. The van der Waals surface area contributed by atoms with E-state index in [2.05, 4.69) is 29.9 Å². The molecule has 16 heteroatoms. The average Bonchev–Trinajstić information content (AvgIpc) is 2.88. The first-order chi connectivity index (χ1) is 20.1. The number of benzene rings is 2. The number of nitrogen functional groups attached to an aromatic ring is 1. The van der Waals surface area contributed by atoms with Crippen molar-refractivity contribution >= 4 is 40.5 Å². The number of hydrogen-bond donors (Lipinski definition) is 1. The summed E-state index contributed by atoms with van der Waals surface area (Å²) in [5.41, 5.74) is 4.36. The molecule has 0 radical (unpaired) electrons. The number of nitrogens with two attached hydrogens (primary N) is 1. The van der Waals surface area contributed by atoms with E-state index < -0.39 is 23.5 Å². The quantitative estimate of drug-likeness (QED) is 0.162. The van der Waals surface area contributed by atoms with Gasteiger partial charge in [-0.25, -0.2) is 24.9 Å². The van der Waals surface area contributed by atoms with Crippen LogP contribution < -0.4 is 5.73 Å². The molecule has 0 bridgehead atoms. The Balaban J connectivity index is 0.000000247. The number of rotatable bonds is 6. The zero-order valence-corrected chi connectivity index (χ0v) is 25.1. The summed E-state index contributed by atoms with van der Waals surface area (Å²) in [6.45, 7) is 4.01. The first-order valence-corrected chi connectivity index (χ1v) is 13.8. The summed E-state index contributed by atoms with van der Waals surface area (Å²) in [6.07, 6.45) is -5.22. The highest BCUT2D eigenvalue weighted by molar-refractivity contribution is 6.31. The molecular weight excluding hydrogens is 643 g/mol. The molecule has 0 aliphatic rings. The van der Waals surface area contributed by atoms with E-state index in [1.807, 2.05) is 13.8 Å². The Hall–Kier alpha value is -3.29. The fourth-order valence-electron chi connectivity index (χ4n) is 3.31. The Bertz CT molecular complexity index is 1450. The molecule has 43 heavy (non-hydrogen) atoms. The molecule has 0 saturated carbocycles. The summed E-state index contributed by atoms with van der Waals surface area (Å²) in [4.78, 5) is 23.6. The zero-order chi connectivity index (χ0) is 32.2. The van der Waals surface area contributed by atoms with E-state index in [-0.39, 0.29) is 28.0 Å². The Labute approximate surface area is 258 Å². The molecule has 4 rings (SSSR count). The first-order valence-electron chi connectivity index (χ1n) is 12.6. The summed E-state index contributed by atoms with van der Waals surface area (Å²) < 4.78 is 73.8. The van der Waals surface area contributed by atoms with Crippen LogP contribution >= 0.6 is 34.8 Å². The highest BCUT2D eigenvalue weighted by atomic mass is 35.5. The SMILES string of the molecule is CCCc1nc(Cl)nc(Cc2cccc(C(F)(F)F)c2)n1.CCCc1nc(Cl)nc(Cl)n1.Nc1cccc(C(F)(F)F)c1. The lowest BCUT2D eigenvalue weighted by Crippen LogP contribution is -2.07. The number of halogens is 9. The van der Waals surface area contributed by atoms with Crippen LogP contribution in [0.25, 0.3) is 0 Å². The summed E-state index contributed by atoms with van der Waals surface area (Å²) in [7, 11) is 0. The standard InChI is InChI=1S/C14H13ClF3N3.C7H6F3N.C6H7Cl2N3/c1-2-4-11-19-12(21-13(15)20-11)8-9-5-3-6-10(7-9)14(16,17)18;8-7(9,10)5-2-1-3-6(11)4-5;1-2-3-4-9-5(7)11-6(8)10-4/h3,5-7H,2,4,8H2,1H3;1-4H,11H2;2-3H2,1H3. The van der Waals surface area contributed by atoms with E-state index in [0.29, 0.717) is 29.5 Å². The van der Waals surface area contributed by atoms with Gasteiger partial charge in [0.2, 0.25) is 15.9 Å². The van der Waals surface area contributed by atoms with E-state index in [1.54, 1.807) is 6.07 Å². The number of anilines is 1. The number of aryl methyl sites for hydroxylation is 2. The van der Waals surface area contributed by atoms with Gasteiger partial charge >= 0.3 is 12.4 Å². The number of aromatic nitrogens is 6. The van der Waals surface area contributed by atoms with Crippen LogP contribution in [-0.4, -0.2) is 29.9 Å². The molecule has 0 unspecified atom stereocenters. The summed E-state index contributed by atoms with van der Waals surface area (Å²) in [5, 5.41) is 0.386. The summed E-state index contributed by atoms with van der Waals surface area (Å²) >= 11 is 16.9. The van der Waals surface area contributed by atoms with Gasteiger partial charge in [0.05, 0.1) is 11.1 Å². The summed E-state index contributed by atoms with van der Waals surface area (Å²) in [6, 6.07) is 9.67. The van der Waals surface area contributed by atoms with E-state index in [1.165, 1.54) is 18.2 Å². The predicted octanol–water partition coefficient (Wildman–Crippen LogP) is 8.51. The van der Waals surface area contributed by atoms with Gasteiger partial charge in [0.25, 0.3) is 0 Å². The monoisotopic (exact) mass is 667 g/mol. The van der Waals surface area contributed by atoms with Crippen molar-refractivity contribution in [1.82, 2.24) is 29.9 Å². The second kappa shape index (κ2) is 16.5. The molecule has 0 spiro atoms. The fraction of sp³-hybridized carbons (Fsp3) is 0.333. The van der Waals surface area contributed by atoms with Gasteiger partial charge in [-0.05, 0) is 77.5 Å². The minimum atomic E-state index is -4.36. The van der Waals surface area contributed by atoms with Crippen molar-refractivity contribution in [3.63, 3.8) is 0 Å². The zero-order valence-electron chi connectivity index (χ0n) is 22.8. The van der Waals surface area contributed by atoms with Gasteiger partial charge in [-0.15, -0.1) is 0 Å². The van der Waals surface area contributed by atoms with Crippen LogP contribution in [0.2, 0.25) is 15.9 Å². The third kappa shape index (κ3) is 13.3. The van der Waals surface area contributed by atoms with Gasteiger partial charge in [0.15, 0.2) is 0 Å². The molecular formula is C27H26Cl3F6N7. The molecule has 232 valence electrons. The van der Waals surface area contributed by atoms with Crippen LogP contribution in [0, 0.1) is 0 Å². The largest absolute Gasteiger partial charge is 0.416 e. The van der Waals surface area contributed by atoms with Crippen molar-refractivity contribution in [3.05, 3.63) is 98.5 Å². The number of nitrogens with zero attached hydrogens (tertiary/aromatic N) is 6. The molecule has 0 fully saturated rings. The van der Waals surface area contributed by atoms with Gasteiger partial charge < -0.3 is 5.73 Å². The lowest BCUT2D eigenvalue weighted by molar-refractivity contribution is -0.138. The van der Waals surface area contributed by atoms with Crippen molar-refractivity contribution in [1.29, 1.82) is 0 Å². The van der Waals surface area contributed by atoms with E-state index in [0.717, 1.165) is 43.5 Å². The maximum Gasteiger partial charge on any atom is 0.416 e. The minimum absolute atomic E-state index is 0.0652. The van der Waals surface area contributed by atoms with E-state index in [9.17, 15) is 26.3 Å². The van der Waals surface area contributed by atoms with Crippen molar-refractivity contribution in [2.45, 2.75) is 58.3 Å². The molecule has 0 saturated heterocycles. The molecule has 2 aromatic carbocycles. The maximum absolute atomic E-state index is 12.7. The van der Waals surface area contributed by atoms with Crippen LogP contribution in [0.4, 0.5) is 32.0 Å². The second-order valence-corrected chi connectivity index (χ2v) is 9.74. The second-order valence-electron chi connectivity index (χ2n) is 8.72. The molecule has 2 heterocycles. The first kappa shape index (κ1) is 35.9. The molecule has 2 N–H and O–H groups in total. The van der Waals surface area contributed by atoms with Crippen LogP contribution in [0.3, 0.4) is 0 Å². The van der Waals surface area contributed by atoms with Crippen molar-refractivity contribution < 1.29 is 26.3 Å². The Kier molecular flexibility index (Phi) is 13.8. The van der Waals surface area contributed by atoms with Gasteiger partial charge in [-0.3, -0.25) is 0 Å². The van der Waals surface area contributed by atoms with Crippen molar-refractivity contribution in [2.24, 2.45) is 0 Å². The van der Waals surface area contributed by atoms with Crippen LogP contribution in [-0.2, 0) is 31.6 Å². The van der Waals surface area contributed by atoms with E-state index in [4.69, 9.17) is 40.5 Å². The third-order valence-corrected chi connectivity index (χ3v) is 5.61. The van der Waals surface area contributed by atoms with Gasteiger partial charge in [-0.1, -0.05) is 38.1 Å². The smallest absolute Gasteiger partial charge is 0.399 e. The maximum atomic E-state index is 12.7. The molecule has 7 nitrogen and oxygen atoms in total. The van der Waals surface area contributed by atoms with Crippen LogP contribution in [0.1, 0.15) is 60.9 Å². The number of alkyl halides is 6. The minimum Gasteiger partial charge on any atom is -0.399 e. The highest BCUT2D eigenvalue weighted by Crippen LogP contribution is 2.30. The molecule has 0 aliphatic heterocycles. The van der Waals surface area contributed by atoms with Crippen molar-refractivity contribution in [3.8, 4) is 0 Å². The normalized spacial score (nSPS) is 11.2. The average molecular weight is 669 g/mol. The Morgan fingerprint density at radius 2 is 1.05 bits per heavy atom. The molecule has 4 aromatic rings. The molecule has 0 atom stereocenters. The van der Waals surface area contributed by atoms with Gasteiger partial charge in [0, 0.05) is 24.9 Å². The van der Waals surface area contributed by atoms with Crippen molar-refractivity contribution in [2.75, 3.05) is 5.73 Å². The van der Waals surface area contributed by atoms with Gasteiger partial charge in [-0.2, -0.15) is 31.3 Å². The van der Waals surface area contributed by atoms with E-state index >= 15 is 0 Å². The Morgan fingerprint density at radius 3 is 1.51 bits per heavy atom. The third-order valence-electron chi connectivity index (χ3n) is 5.11. The fourth-order valence-corrected chi connectivity index (χ4v) is 3.90. The lowest BCUT2D eigenvalue weighted by atomic mass is 10.1. The number of hydrogen-bond acceptors (Lipinski definition) is 7. The lowest BCUT2D eigenvalue weighted by Gasteiger charge is -2.08.